The van der Waals surface area contributed by atoms with Crippen molar-refractivity contribution in [2.75, 3.05) is 26.2 Å². The maximum absolute atomic E-state index is 11.8. The summed E-state index contributed by atoms with van der Waals surface area (Å²) in [4.78, 5) is 20.9. The van der Waals surface area contributed by atoms with Gasteiger partial charge in [-0.2, -0.15) is 0 Å². The van der Waals surface area contributed by atoms with E-state index in [1.807, 2.05) is 26.0 Å². The summed E-state index contributed by atoms with van der Waals surface area (Å²) in [6.45, 7) is 7.66. The van der Waals surface area contributed by atoms with Crippen LogP contribution in [0.5, 0.6) is 0 Å². The van der Waals surface area contributed by atoms with Crippen LogP contribution >= 0.6 is 0 Å². The van der Waals surface area contributed by atoms with Crippen LogP contribution in [0.4, 0.5) is 0 Å². The Balaban J connectivity index is 1.86. The summed E-state index contributed by atoms with van der Waals surface area (Å²) in [5.74, 6) is -0.768. The second kappa shape index (κ2) is 5.73. The Bertz CT molecular complexity index is 546. The van der Waals surface area contributed by atoms with Crippen LogP contribution in [0.1, 0.15) is 35.8 Å². The first-order valence-corrected chi connectivity index (χ1v) is 7.71. The van der Waals surface area contributed by atoms with Gasteiger partial charge in [0.05, 0.1) is 0 Å². The van der Waals surface area contributed by atoms with E-state index in [-0.39, 0.29) is 0 Å². The van der Waals surface area contributed by atoms with E-state index in [1.54, 1.807) is 0 Å². The van der Waals surface area contributed by atoms with Crippen molar-refractivity contribution in [3.05, 3.63) is 29.1 Å². The van der Waals surface area contributed by atoms with Crippen LogP contribution in [-0.4, -0.2) is 58.1 Å². The van der Waals surface area contributed by atoms with E-state index in [1.165, 1.54) is 19.4 Å². The topological polar surface area (TPSA) is 56.7 Å². The minimum Gasteiger partial charge on any atom is -0.480 e. The number of piperazine rings is 1. The maximum Gasteiger partial charge on any atom is 0.325 e. The Morgan fingerprint density at radius 3 is 2.86 bits per heavy atom. The smallest absolute Gasteiger partial charge is 0.325 e. The summed E-state index contributed by atoms with van der Waals surface area (Å²) in [5, 5.41) is 9.73. The molecular formula is C16H23N3O2. The van der Waals surface area contributed by atoms with Crippen molar-refractivity contribution in [3.8, 4) is 0 Å². The summed E-state index contributed by atoms with van der Waals surface area (Å²) in [7, 11) is 0. The van der Waals surface area contributed by atoms with Crippen LogP contribution in [-0.2, 0) is 4.79 Å². The van der Waals surface area contributed by atoms with Gasteiger partial charge in [0.15, 0.2) is 0 Å². The third-order valence-corrected chi connectivity index (χ3v) is 4.78. The number of hydrogen-bond donors (Lipinski definition) is 1. The highest BCUT2D eigenvalue weighted by molar-refractivity contribution is 5.76. The minimum absolute atomic E-state index is 0.527. The molecule has 1 N–H and O–H groups in total. The zero-order valence-electron chi connectivity index (χ0n) is 12.7. The van der Waals surface area contributed by atoms with Gasteiger partial charge in [0.2, 0.25) is 0 Å². The van der Waals surface area contributed by atoms with Crippen LogP contribution in [0, 0.1) is 13.8 Å². The van der Waals surface area contributed by atoms with Gasteiger partial charge in [-0.3, -0.25) is 19.6 Å². The Kier molecular flexibility index (Phi) is 3.95. The van der Waals surface area contributed by atoms with Crippen molar-refractivity contribution < 1.29 is 9.90 Å². The first-order chi connectivity index (χ1) is 10.1. The highest BCUT2D eigenvalue weighted by atomic mass is 16.4. The van der Waals surface area contributed by atoms with Gasteiger partial charge in [-0.1, -0.05) is 6.07 Å². The van der Waals surface area contributed by atoms with Gasteiger partial charge in [0.1, 0.15) is 6.04 Å². The third kappa shape index (κ3) is 2.80. The predicted octanol–water partition coefficient (Wildman–Crippen LogP) is 1.60. The fraction of sp³-hybridized carbons (Fsp3) is 0.625. The van der Waals surface area contributed by atoms with Crippen molar-refractivity contribution in [2.24, 2.45) is 0 Å². The first kappa shape index (κ1) is 14.5. The Labute approximate surface area is 125 Å². The highest BCUT2D eigenvalue weighted by Gasteiger charge is 2.37. The number of aryl methyl sites for hydroxylation is 2. The first-order valence-electron chi connectivity index (χ1n) is 7.71. The maximum atomic E-state index is 11.8. The number of fused-ring (bicyclic) bond motifs is 1. The molecule has 5 heteroatoms. The van der Waals surface area contributed by atoms with Crippen molar-refractivity contribution in [3.63, 3.8) is 0 Å². The van der Waals surface area contributed by atoms with Gasteiger partial charge in [-0.25, -0.2) is 0 Å². The molecule has 3 rings (SSSR count). The molecule has 1 aromatic heterocycles. The number of carboxylic acid groups (broad SMARTS) is 1. The number of pyridine rings is 1. The minimum atomic E-state index is -0.768. The molecule has 1 aromatic rings. The lowest BCUT2D eigenvalue weighted by atomic mass is 10.0. The quantitative estimate of drug-likeness (QED) is 0.916. The van der Waals surface area contributed by atoms with Gasteiger partial charge < -0.3 is 5.11 Å². The summed E-state index contributed by atoms with van der Waals surface area (Å²) in [6.07, 6.45) is 2.43. The Morgan fingerprint density at radius 2 is 2.14 bits per heavy atom. The molecule has 0 aromatic carbocycles. The van der Waals surface area contributed by atoms with Crippen molar-refractivity contribution in [2.45, 2.75) is 38.8 Å². The average Bonchev–Trinajstić information content (AvgIpc) is 2.88. The molecule has 2 aliphatic rings. The highest BCUT2D eigenvalue weighted by Crippen LogP contribution is 2.29. The number of carbonyl (C=O) groups is 1. The molecule has 2 aliphatic heterocycles. The number of aliphatic carboxylic acids is 1. The molecule has 2 saturated heterocycles. The van der Waals surface area contributed by atoms with Gasteiger partial charge in [-0.05, 0) is 39.3 Å². The lowest BCUT2D eigenvalue weighted by molar-refractivity contribution is -0.144. The number of carboxylic acids is 1. The van der Waals surface area contributed by atoms with Crippen LogP contribution < -0.4 is 0 Å². The van der Waals surface area contributed by atoms with Gasteiger partial charge in [-0.15, -0.1) is 0 Å². The number of hydrogen-bond acceptors (Lipinski definition) is 4. The SMILES string of the molecule is Cc1ccc(C(C(=O)O)N2CCN3CCC[C@@H]3C2)c(C)n1. The average molecular weight is 289 g/mol. The zero-order chi connectivity index (χ0) is 15.0. The van der Waals surface area contributed by atoms with Crippen molar-refractivity contribution in [1.82, 2.24) is 14.8 Å². The molecule has 2 fully saturated rings. The Morgan fingerprint density at radius 1 is 1.33 bits per heavy atom. The molecule has 0 bridgehead atoms. The molecule has 1 unspecified atom stereocenters. The van der Waals surface area contributed by atoms with Crippen LogP contribution in [0.2, 0.25) is 0 Å². The molecule has 21 heavy (non-hydrogen) atoms. The summed E-state index contributed by atoms with van der Waals surface area (Å²) < 4.78 is 0. The van der Waals surface area contributed by atoms with E-state index in [9.17, 15) is 9.90 Å². The van der Waals surface area contributed by atoms with Crippen LogP contribution in [0.3, 0.4) is 0 Å². The second-order valence-electron chi connectivity index (χ2n) is 6.20. The molecule has 5 nitrogen and oxygen atoms in total. The molecule has 114 valence electrons. The standard InChI is InChI=1S/C16H23N3O2/c1-11-5-6-14(12(2)17-11)15(16(20)21)19-9-8-18-7-3-4-13(18)10-19/h5-6,13,15H,3-4,7-10H2,1-2H3,(H,20,21)/t13-,15?/m1/s1. The van der Waals surface area contributed by atoms with Crippen LogP contribution in [0.25, 0.3) is 0 Å². The normalized spacial score (nSPS) is 24.8. The number of rotatable bonds is 3. The fourth-order valence-corrected chi connectivity index (χ4v) is 3.72. The van der Waals surface area contributed by atoms with E-state index in [0.717, 1.165) is 36.6 Å². The number of nitrogens with zero attached hydrogens (tertiary/aromatic N) is 3. The number of aromatic nitrogens is 1. The van der Waals surface area contributed by atoms with Crippen molar-refractivity contribution >= 4 is 5.97 Å². The van der Waals surface area contributed by atoms with E-state index in [4.69, 9.17) is 0 Å². The summed E-state index contributed by atoms with van der Waals surface area (Å²) in [5.41, 5.74) is 2.59. The van der Waals surface area contributed by atoms with Gasteiger partial charge in [0, 0.05) is 42.6 Å². The lowest BCUT2D eigenvalue weighted by Gasteiger charge is -2.40. The summed E-state index contributed by atoms with van der Waals surface area (Å²) >= 11 is 0. The van der Waals surface area contributed by atoms with Gasteiger partial charge >= 0.3 is 5.97 Å². The predicted molar refractivity (Wildman–Crippen MR) is 80.3 cm³/mol. The van der Waals surface area contributed by atoms with Crippen LogP contribution in [0.15, 0.2) is 12.1 Å². The summed E-state index contributed by atoms with van der Waals surface area (Å²) in [6, 6.07) is 3.79. The van der Waals surface area contributed by atoms with E-state index in [0.29, 0.717) is 6.04 Å². The molecule has 0 amide bonds. The van der Waals surface area contributed by atoms with E-state index < -0.39 is 12.0 Å². The van der Waals surface area contributed by atoms with Crippen molar-refractivity contribution in [1.29, 1.82) is 0 Å². The molecule has 0 aliphatic carbocycles. The molecule has 2 atom stereocenters. The fourth-order valence-electron chi connectivity index (χ4n) is 3.72. The molecule has 0 radical (unpaired) electrons. The van der Waals surface area contributed by atoms with Gasteiger partial charge in [0.25, 0.3) is 0 Å². The monoisotopic (exact) mass is 289 g/mol. The molecule has 0 saturated carbocycles. The molecule has 0 spiro atoms. The third-order valence-electron chi connectivity index (χ3n) is 4.78. The largest absolute Gasteiger partial charge is 0.480 e. The van der Waals surface area contributed by atoms with E-state index in [2.05, 4.69) is 14.8 Å². The van der Waals surface area contributed by atoms with E-state index >= 15 is 0 Å². The second-order valence-corrected chi connectivity index (χ2v) is 6.20. The Hall–Kier alpha value is -1.46. The zero-order valence-corrected chi connectivity index (χ0v) is 12.7. The lowest BCUT2D eigenvalue weighted by Crippen LogP contribution is -2.52. The molecule has 3 heterocycles. The molecular weight excluding hydrogens is 266 g/mol.